The van der Waals surface area contributed by atoms with E-state index in [0.717, 1.165) is 19.4 Å². The van der Waals surface area contributed by atoms with Crippen molar-refractivity contribution >= 4 is 5.91 Å². The Morgan fingerprint density at radius 3 is 2.76 bits per heavy atom. The van der Waals surface area contributed by atoms with E-state index < -0.39 is 5.60 Å². The third-order valence-corrected chi connectivity index (χ3v) is 5.23. The van der Waals surface area contributed by atoms with Crippen molar-refractivity contribution in [2.75, 3.05) is 32.8 Å². The van der Waals surface area contributed by atoms with Gasteiger partial charge in [0.25, 0.3) is 0 Å². The van der Waals surface area contributed by atoms with Gasteiger partial charge in [0.05, 0.1) is 6.54 Å². The Hall–Kier alpha value is -1.66. The summed E-state index contributed by atoms with van der Waals surface area (Å²) in [6, 6.07) is 6.37. The monoisotopic (exact) mass is 350 g/mol. The van der Waals surface area contributed by atoms with E-state index in [1.165, 1.54) is 31.9 Å². The van der Waals surface area contributed by atoms with Gasteiger partial charge in [-0.15, -0.1) is 0 Å². The summed E-state index contributed by atoms with van der Waals surface area (Å²) in [5.74, 6) is -0.0276. The Morgan fingerprint density at radius 2 is 2.08 bits per heavy atom. The van der Waals surface area contributed by atoms with Crippen LogP contribution >= 0.6 is 0 Å². The van der Waals surface area contributed by atoms with Crippen molar-refractivity contribution in [3.8, 4) is 5.75 Å². The Bertz CT molecular complexity index is 606. The second kappa shape index (κ2) is 7.70. The number of hydrogen-bond acceptors (Lipinski definition) is 4. The van der Waals surface area contributed by atoms with Crippen LogP contribution in [0.25, 0.3) is 0 Å². The molecule has 1 aliphatic heterocycles. The molecule has 0 spiro atoms. The first kappa shape index (κ1) is 18.1. The molecular weight excluding hydrogens is 323 g/mol. The average molecular weight is 350 g/mol. The van der Waals surface area contributed by atoms with E-state index in [4.69, 9.17) is 4.74 Å². The largest absolute Gasteiger partial charge is 0.490 e. The maximum absolute atomic E-state index is 13.3. The molecule has 1 aromatic rings. The van der Waals surface area contributed by atoms with Crippen LogP contribution in [-0.4, -0.2) is 65.2 Å². The number of carbonyl (C=O) groups is 1. The van der Waals surface area contributed by atoms with Crippen LogP contribution in [0.5, 0.6) is 5.75 Å². The zero-order valence-electron chi connectivity index (χ0n) is 14.8. The predicted molar refractivity (Wildman–Crippen MR) is 92.9 cm³/mol. The van der Waals surface area contributed by atoms with Gasteiger partial charge in [-0.1, -0.05) is 18.9 Å². The summed E-state index contributed by atoms with van der Waals surface area (Å²) >= 11 is 0. The molecular formula is C19H27FN2O3. The molecule has 0 radical (unpaired) electrons. The topological polar surface area (TPSA) is 53.0 Å². The second-order valence-corrected chi connectivity index (χ2v) is 7.32. The molecule has 25 heavy (non-hydrogen) atoms. The lowest BCUT2D eigenvalue weighted by Gasteiger charge is -2.35. The molecule has 0 unspecified atom stereocenters. The molecule has 2 aliphatic rings. The van der Waals surface area contributed by atoms with Crippen LogP contribution in [0.15, 0.2) is 24.3 Å². The van der Waals surface area contributed by atoms with Crippen molar-refractivity contribution in [2.45, 2.75) is 44.2 Å². The van der Waals surface area contributed by atoms with Crippen LogP contribution in [-0.2, 0) is 4.79 Å². The molecule has 0 aromatic heterocycles. The molecule has 6 heteroatoms. The minimum Gasteiger partial charge on any atom is -0.490 e. The first-order valence-electron chi connectivity index (χ1n) is 9.05. The number of aliphatic hydroxyl groups is 1. The Balaban J connectivity index is 1.72. The molecule has 1 heterocycles. The van der Waals surface area contributed by atoms with Crippen LogP contribution in [0.4, 0.5) is 4.39 Å². The number of benzene rings is 1. The maximum Gasteiger partial charge on any atom is 0.219 e. The molecule has 1 N–H and O–H groups in total. The van der Waals surface area contributed by atoms with Gasteiger partial charge in [0.2, 0.25) is 5.91 Å². The first-order valence-corrected chi connectivity index (χ1v) is 9.05. The summed E-state index contributed by atoms with van der Waals surface area (Å²) in [4.78, 5) is 15.9. The lowest BCUT2D eigenvalue weighted by molar-refractivity contribution is -0.132. The van der Waals surface area contributed by atoms with Crippen LogP contribution in [0, 0.1) is 5.82 Å². The van der Waals surface area contributed by atoms with Gasteiger partial charge in [-0.3, -0.25) is 9.69 Å². The summed E-state index contributed by atoms with van der Waals surface area (Å²) in [6.07, 6.45) is 4.72. The molecule has 0 bridgehead atoms. The van der Waals surface area contributed by atoms with Gasteiger partial charge in [0, 0.05) is 38.7 Å². The zero-order valence-corrected chi connectivity index (χ0v) is 14.8. The van der Waals surface area contributed by atoms with Crippen molar-refractivity contribution in [3.05, 3.63) is 30.1 Å². The highest BCUT2D eigenvalue weighted by Gasteiger charge is 2.39. The van der Waals surface area contributed by atoms with Crippen molar-refractivity contribution in [1.29, 1.82) is 0 Å². The van der Waals surface area contributed by atoms with E-state index in [1.807, 2.05) is 0 Å². The van der Waals surface area contributed by atoms with Gasteiger partial charge in [0.1, 0.15) is 23.8 Å². The summed E-state index contributed by atoms with van der Waals surface area (Å²) in [5, 5.41) is 11.2. The van der Waals surface area contributed by atoms with Crippen LogP contribution in [0.3, 0.4) is 0 Å². The zero-order chi connectivity index (χ0) is 17.9. The Kier molecular flexibility index (Phi) is 5.59. The van der Waals surface area contributed by atoms with E-state index in [9.17, 15) is 14.3 Å². The van der Waals surface area contributed by atoms with E-state index in [1.54, 1.807) is 17.0 Å². The third-order valence-electron chi connectivity index (χ3n) is 5.23. The number of nitrogens with zero attached hydrogens (tertiary/aromatic N) is 2. The molecule has 1 amide bonds. The number of β-amino-alcohol motifs (C(OH)–C–C–N with tert-alkyl or cyclic N) is 1. The molecule has 1 aromatic carbocycles. The number of halogens is 1. The number of amides is 1. The van der Waals surface area contributed by atoms with Crippen molar-refractivity contribution in [1.82, 2.24) is 9.80 Å². The van der Waals surface area contributed by atoms with E-state index in [0.29, 0.717) is 24.9 Å². The SMILES string of the molecule is CC(=O)N1CCN(C2CCCC2)C[C@](O)(COc2cccc(F)c2)C1. The second-order valence-electron chi connectivity index (χ2n) is 7.32. The summed E-state index contributed by atoms with van der Waals surface area (Å²) in [6.45, 7) is 3.65. The van der Waals surface area contributed by atoms with Gasteiger partial charge >= 0.3 is 0 Å². The molecule has 1 atom stereocenters. The van der Waals surface area contributed by atoms with Gasteiger partial charge in [0.15, 0.2) is 0 Å². The highest BCUT2D eigenvalue weighted by atomic mass is 19.1. The molecule has 1 saturated carbocycles. The van der Waals surface area contributed by atoms with Crippen LogP contribution in [0.1, 0.15) is 32.6 Å². The number of hydrogen-bond donors (Lipinski definition) is 1. The fourth-order valence-corrected chi connectivity index (χ4v) is 3.91. The maximum atomic E-state index is 13.3. The summed E-state index contributed by atoms with van der Waals surface area (Å²) in [5.41, 5.74) is -1.17. The van der Waals surface area contributed by atoms with Crippen molar-refractivity contribution < 1.29 is 19.0 Å². The van der Waals surface area contributed by atoms with Crippen molar-refractivity contribution in [2.24, 2.45) is 0 Å². The lowest BCUT2D eigenvalue weighted by Crippen LogP contribution is -2.53. The van der Waals surface area contributed by atoms with Gasteiger partial charge in [-0.2, -0.15) is 0 Å². The van der Waals surface area contributed by atoms with Crippen LogP contribution < -0.4 is 4.74 Å². The Morgan fingerprint density at radius 1 is 1.32 bits per heavy atom. The number of rotatable bonds is 4. The molecule has 1 aliphatic carbocycles. The average Bonchev–Trinajstić information content (AvgIpc) is 3.04. The van der Waals surface area contributed by atoms with Gasteiger partial charge < -0.3 is 14.7 Å². The van der Waals surface area contributed by atoms with E-state index in [2.05, 4.69) is 4.90 Å². The van der Waals surface area contributed by atoms with Gasteiger partial charge in [-0.05, 0) is 25.0 Å². The normalized spacial score (nSPS) is 25.8. The number of carbonyl (C=O) groups excluding carboxylic acids is 1. The van der Waals surface area contributed by atoms with Crippen molar-refractivity contribution in [3.63, 3.8) is 0 Å². The van der Waals surface area contributed by atoms with E-state index in [-0.39, 0.29) is 24.9 Å². The minimum atomic E-state index is -1.17. The van der Waals surface area contributed by atoms with E-state index >= 15 is 0 Å². The molecule has 5 nitrogen and oxygen atoms in total. The highest BCUT2D eigenvalue weighted by Crippen LogP contribution is 2.27. The van der Waals surface area contributed by atoms with Crippen LogP contribution in [0.2, 0.25) is 0 Å². The predicted octanol–water partition coefficient (Wildman–Crippen LogP) is 2.04. The quantitative estimate of drug-likeness (QED) is 0.903. The minimum absolute atomic E-state index is 0.0312. The number of ether oxygens (including phenoxy) is 1. The molecule has 2 fully saturated rings. The summed E-state index contributed by atoms with van der Waals surface area (Å²) < 4.78 is 19.0. The smallest absolute Gasteiger partial charge is 0.219 e. The molecule has 3 rings (SSSR count). The fraction of sp³-hybridized carbons (Fsp3) is 0.632. The highest BCUT2D eigenvalue weighted by molar-refractivity contribution is 5.73. The lowest BCUT2D eigenvalue weighted by atomic mass is 10.0. The third kappa shape index (κ3) is 4.70. The first-order chi connectivity index (χ1) is 12.0. The molecule has 138 valence electrons. The molecule has 1 saturated heterocycles. The fourth-order valence-electron chi connectivity index (χ4n) is 3.91. The Labute approximate surface area is 148 Å². The van der Waals surface area contributed by atoms with Gasteiger partial charge in [-0.25, -0.2) is 4.39 Å². The standard InChI is InChI=1S/C19H27FN2O3/c1-15(23)21-9-10-22(17-6-2-3-7-17)13-19(24,12-21)14-25-18-8-4-5-16(20)11-18/h4-5,8,11,17,24H,2-3,6-7,9-10,12-14H2,1H3/t19-/m0/s1. The summed E-state index contributed by atoms with van der Waals surface area (Å²) in [7, 11) is 0.